The first-order chi connectivity index (χ1) is 12.7. The maximum atomic E-state index is 12.5. The van der Waals surface area contributed by atoms with Gasteiger partial charge in [-0.15, -0.1) is 0 Å². The van der Waals surface area contributed by atoms with Crippen LogP contribution in [0.5, 0.6) is 0 Å². The van der Waals surface area contributed by atoms with Crippen LogP contribution < -0.4 is 15.5 Å². The van der Waals surface area contributed by atoms with Crippen LogP contribution in [0.1, 0.15) is 51.0 Å². The summed E-state index contributed by atoms with van der Waals surface area (Å²) in [4.78, 5) is 18.8. The third kappa shape index (κ3) is 4.77. The monoisotopic (exact) mass is 356 g/mol. The van der Waals surface area contributed by atoms with Crippen LogP contribution in [0.3, 0.4) is 0 Å². The molecule has 2 aliphatic rings. The quantitative estimate of drug-likeness (QED) is 0.484. The van der Waals surface area contributed by atoms with Crippen molar-refractivity contribution in [3.05, 3.63) is 29.8 Å². The van der Waals surface area contributed by atoms with E-state index in [0.29, 0.717) is 12.5 Å². The Labute approximate surface area is 157 Å². The minimum atomic E-state index is 0.223. The summed E-state index contributed by atoms with van der Waals surface area (Å²) < 4.78 is 0. The molecule has 2 N–H and O–H groups in total. The van der Waals surface area contributed by atoms with Crippen LogP contribution in [0.15, 0.2) is 29.3 Å². The van der Waals surface area contributed by atoms with E-state index in [9.17, 15) is 4.79 Å². The smallest absolute Gasteiger partial charge is 0.227 e. The normalized spacial score (nSPS) is 22.8. The largest absolute Gasteiger partial charge is 0.356 e. The number of guanidine groups is 1. The number of anilines is 1. The van der Waals surface area contributed by atoms with Gasteiger partial charge in [0.15, 0.2) is 5.96 Å². The number of amides is 1. The van der Waals surface area contributed by atoms with E-state index in [4.69, 9.17) is 0 Å². The maximum Gasteiger partial charge on any atom is 0.227 e. The van der Waals surface area contributed by atoms with Gasteiger partial charge in [0.1, 0.15) is 0 Å². The van der Waals surface area contributed by atoms with Crippen molar-refractivity contribution in [3.63, 3.8) is 0 Å². The molecule has 1 aliphatic heterocycles. The number of carbonyl (C=O) groups is 1. The molecule has 1 aliphatic carbocycles. The zero-order valence-corrected chi connectivity index (χ0v) is 16.1. The Kier molecular flexibility index (Phi) is 6.53. The highest BCUT2D eigenvalue weighted by Gasteiger charge is 2.23. The van der Waals surface area contributed by atoms with Crippen LogP contribution in [0.25, 0.3) is 0 Å². The van der Waals surface area contributed by atoms with E-state index in [1.807, 2.05) is 24.1 Å². The second kappa shape index (κ2) is 9.06. The lowest BCUT2D eigenvalue weighted by Crippen LogP contribution is -2.45. The number of rotatable bonds is 5. The van der Waals surface area contributed by atoms with E-state index in [0.717, 1.165) is 43.5 Å². The lowest BCUT2D eigenvalue weighted by molar-refractivity contribution is -0.118. The van der Waals surface area contributed by atoms with Gasteiger partial charge in [-0.05, 0) is 56.1 Å². The van der Waals surface area contributed by atoms with Crippen LogP contribution in [0.4, 0.5) is 5.69 Å². The lowest BCUT2D eigenvalue weighted by atomic mass is 9.87. The third-order valence-electron chi connectivity index (χ3n) is 5.63. The van der Waals surface area contributed by atoms with Crippen LogP contribution in [0.2, 0.25) is 0 Å². The minimum absolute atomic E-state index is 0.223. The number of benzene rings is 1. The van der Waals surface area contributed by atoms with Gasteiger partial charge in [-0.2, -0.15) is 0 Å². The molecule has 5 heteroatoms. The summed E-state index contributed by atoms with van der Waals surface area (Å²) in [6.07, 6.45) is 7.38. The Morgan fingerprint density at radius 3 is 2.77 bits per heavy atom. The van der Waals surface area contributed by atoms with Crippen LogP contribution in [-0.4, -0.2) is 38.0 Å². The first-order valence-electron chi connectivity index (χ1n) is 10.0. The van der Waals surface area contributed by atoms with Gasteiger partial charge in [0.2, 0.25) is 5.91 Å². The fourth-order valence-electron chi connectivity index (χ4n) is 3.97. The van der Waals surface area contributed by atoms with Gasteiger partial charge < -0.3 is 15.5 Å². The fraction of sp³-hybridized carbons (Fsp3) is 0.619. The van der Waals surface area contributed by atoms with Gasteiger partial charge in [0, 0.05) is 38.3 Å². The summed E-state index contributed by atoms with van der Waals surface area (Å²) in [7, 11) is 1.81. The number of para-hydroxylation sites is 1. The van der Waals surface area contributed by atoms with E-state index < -0.39 is 0 Å². The number of fused-ring (bicyclic) bond motifs is 1. The summed E-state index contributed by atoms with van der Waals surface area (Å²) in [6.45, 7) is 3.91. The molecule has 0 saturated heterocycles. The molecule has 0 spiro atoms. The number of hydrogen-bond donors (Lipinski definition) is 2. The number of carbonyl (C=O) groups excluding carboxylic acids is 1. The molecular weight excluding hydrogens is 324 g/mol. The van der Waals surface area contributed by atoms with Crippen molar-refractivity contribution in [2.75, 3.05) is 25.0 Å². The van der Waals surface area contributed by atoms with Crippen molar-refractivity contribution in [3.8, 4) is 0 Å². The Balaban J connectivity index is 1.37. The van der Waals surface area contributed by atoms with Gasteiger partial charge in [-0.25, -0.2) is 0 Å². The van der Waals surface area contributed by atoms with E-state index in [1.165, 1.54) is 31.2 Å². The lowest BCUT2D eigenvalue weighted by Gasteiger charge is -2.28. The van der Waals surface area contributed by atoms with E-state index in [2.05, 4.69) is 34.7 Å². The van der Waals surface area contributed by atoms with Gasteiger partial charge in [-0.3, -0.25) is 9.79 Å². The zero-order valence-electron chi connectivity index (χ0n) is 16.1. The summed E-state index contributed by atoms with van der Waals surface area (Å²) in [5, 5.41) is 6.89. The number of aliphatic imine (C=N–C) groups is 1. The molecule has 142 valence electrons. The SMILES string of the molecule is CN=C(NCCCC(=O)N1CCc2ccccc21)NC1CCC(C)CC1. The molecule has 5 nitrogen and oxygen atoms in total. The molecule has 0 atom stereocenters. The first kappa shape index (κ1) is 18.7. The Morgan fingerprint density at radius 1 is 1.23 bits per heavy atom. The predicted octanol–water partition coefficient (Wildman–Crippen LogP) is 3.10. The first-order valence-corrected chi connectivity index (χ1v) is 10.0. The maximum absolute atomic E-state index is 12.5. The fourth-order valence-corrected chi connectivity index (χ4v) is 3.97. The van der Waals surface area contributed by atoms with Crippen molar-refractivity contribution in [1.82, 2.24) is 10.6 Å². The molecule has 3 rings (SSSR count). The Morgan fingerprint density at radius 2 is 2.00 bits per heavy atom. The average molecular weight is 357 g/mol. The number of nitrogens with zero attached hydrogens (tertiary/aromatic N) is 2. The zero-order chi connectivity index (χ0) is 18.4. The molecule has 0 aromatic heterocycles. The van der Waals surface area contributed by atoms with Crippen molar-refractivity contribution < 1.29 is 4.79 Å². The molecule has 26 heavy (non-hydrogen) atoms. The molecule has 1 heterocycles. The molecule has 1 saturated carbocycles. The highest BCUT2D eigenvalue weighted by molar-refractivity contribution is 5.95. The number of nitrogens with one attached hydrogen (secondary N) is 2. The van der Waals surface area contributed by atoms with Gasteiger partial charge in [0.25, 0.3) is 0 Å². The van der Waals surface area contributed by atoms with Crippen molar-refractivity contribution in [2.24, 2.45) is 10.9 Å². The Bertz CT molecular complexity index is 635. The highest BCUT2D eigenvalue weighted by atomic mass is 16.2. The highest BCUT2D eigenvalue weighted by Crippen LogP contribution is 2.28. The summed E-state index contributed by atoms with van der Waals surface area (Å²) in [5.41, 5.74) is 2.37. The van der Waals surface area contributed by atoms with Gasteiger partial charge >= 0.3 is 0 Å². The van der Waals surface area contributed by atoms with Gasteiger partial charge in [0.05, 0.1) is 0 Å². The average Bonchev–Trinajstić information content (AvgIpc) is 3.10. The standard InChI is InChI=1S/C21H32N4O/c1-16-9-11-18(12-10-16)24-21(22-2)23-14-5-8-20(26)25-15-13-17-6-3-4-7-19(17)25/h3-4,6-7,16,18H,5,8-15H2,1-2H3,(H2,22,23,24). The minimum Gasteiger partial charge on any atom is -0.356 e. The topological polar surface area (TPSA) is 56.7 Å². The third-order valence-corrected chi connectivity index (χ3v) is 5.63. The van der Waals surface area contributed by atoms with Crippen molar-refractivity contribution >= 4 is 17.6 Å². The van der Waals surface area contributed by atoms with Crippen LogP contribution >= 0.6 is 0 Å². The Hall–Kier alpha value is -2.04. The van der Waals surface area contributed by atoms with Gasteiger partial charge in [-0.1, -0.05) is 25.1 Å². The van der Waals surface area contributed by atoms with Crippen molar-refractivity contribution in [1.29, 1.82) is 0 Å². The molecule has 1 aromatic carbocycles. The number of hydrogen-bond acceptors (Lipinski definition) is 2. The molecular formula is C21H32N4O. The predicted molar refractivity (Wildman–Crippen MR) is 108 cm³/mol. The second-order valence-electron chi connectivity index (χ2n) is 7.63. The molecule has 0 unspecified atom stereocenters. The molecule has 1 amide bonds. The van der Waals surface area contributed by atoms with E-state index in [-0.39, 0.29) is 5.91 Å². The van der Waals surface area contributed by atoms with E-state index >= 15 is 0 Å². The summed E-state index contributed by atoms with van der Waals surface area (Å²) in [6, 6.07) is 8.75. The van der Waals surface area contributed by atoms with Crippen molar-refractivity contribution in [2.45, 2.75) is 57.9 Å². The van der Waals surface area contributed by atoms with Crippen LogP contribution in [-0.2, 0) is 11.2 Å². The summed E-state index contributed by atoms with van der Waals surface area (Å²) in [5.74, 6) is 1.94. The summed E-state index contributed by atoms with van der Waals surface area (Å²) >= 11 is 0. The molecule has 0 radical (unpaired) electrons. The van der Waals surface area contributed by atoms with E-state index in [1.54, 1.807) is 0 Å². The molecule has 0 bridgehead atoms. The molecule has 1 aromatic rings. The second-order valence-corrected chi connectivity index (χ2v) is 7.63. The molecule has 1 fully saturated rings. The van der Waals surface area contributed by atoms with Crippen LogP contribution in [0, 0.1) is 5.92 Å².